The van der Waals surface area contributed by atoms with Gasteiger partial charge in [-0.05, 0) is 36.5 Å². The molecule has 1 fully saturated rings. The maximum Gasteiger partial charge on any atom is 0.123 e. The summed E-state index contributed by atoms with van der Waals surface area (Å²) in [5.41, 5.74) is 0.961. The molecule has 1 aliphatic carbocycles. The lowest BCUT2D eigenvalue weighted by Gasteiger charge is -2.32. The Bertz CT molecular complexity index is 322. The second-order valence-corrected chi connectivity index (χ2v) is 3.54. The van der Waals surface area contributed by atoms with Crippen LogP contribution in [-0.4, -0.2) is 6.29 Å². The molecule has 0 spiro atoms. The van der Waals surface area contributed by atoms with Gasteiger partial charge in [0.1, 0.15) is 12.1 Å². The molecule has 0 heterocycles. The van der Waals surface area contributed by atoms with Gasteiger partial charge in [0.2, 0.25) is 0 Å². The van der Waals surface area contributed by atoms with Gasteiger partial charge in [0.25, 0.3) is 0 Å². The maximum absolute atomic E-state index is 12.8. The summed E-state index contributed by atoms with van der Waals surface area (Å²) in [6, 6.07) is 6.55. The summed E-state index contributed by atoms with van der Waals surface area (Å²) >= 11 is 0. The summed E-state index contributed by atoms with van der Waals surface area (Å²) in [4.78, 5) is 10.6. The van der Waals surface area contributed by atoms with E-state index in [2.05, 4.69) is 0 Å². The molecule has 0 radical (unpaired) electrons. The third kappa shape index (κ3) is 1.48. The molecule has 2 heteroatoms. The van der Waals surface area contributed by atoms with Gasteiger partial charge in [-0.1, -0.05) is 12.1 Å². The Morgan fingerprint density at radius 3 is 2.77 bits per heavy atom. The summed E-state index contributed by atoms with van der Waals surface area (Å²) in [6.07, 6.45) is 2.94. The van der Waals surface area contributed by atoms with E-state index in [0.29, 0.717) is 0 Å². The quantitative estimate of drug-likeness (QED) is 0.636. The normalized spacial score (nSPS) is 26.5. The van der Waals surface area contributed by atoms with Gasteiger partial charge in [-0.3, -0.25) is 0 Å². The first kappa shape index (κ1) is 8.42. The van der Waals surface area contributed by atoms with E-state index < -0.39 is 0 Å². The number of hydrogen-bond acceptors (Lipinski definition) is 1. The maximum atomic E-state index is 12.8. The van der Waals surface area contributed by atoms with Crippen molar-refractivity contribution in [2.45, 2.75) is 18.8 Å². The van der Waals surface area contributed by atoms with Gasteiger partial charge in [0.15, 0.2) is 0 Å². The van der Waals surface area contributed by atoms with Crippen LogP contribution in [0, 0.1) is 11.7 Å². The highest BCUT2D eigenvalue weighted by Gasteiger charge is 2.31. The van der Waals surface area contributed by atoms with Gasteiger partial charge in [-0.2, -0.15) is 0 Å². The van der Waals surface area contributed by atoms with E-state index in [1.807, 2.05) is 6.07 Å². The minimum atomic E-state index is -0.214. The fourth-order valence-electron chi connectivity index (χ4n) is 1.84. The Morgan fingerprint density at radius 1 is 1.38 bits per heavy atom. The smallest absolute Gasteiger partial charge is 0.123 e. The van der Waals surface area contributed by atoms with Gasteiger partial charge in [0.05, 0.1) is 0 Å². The van der Waals surface area contributed by atoms with Crippen molar-refractivity contribution in [2.24, 2.45) is 5.92 Å². The molecule has 2 atom stereocenters. The van der Waals surface area contributed by atoms with E-state index in [1.165, 1.54) is 12.1 Å². The Labute approximate surface area is 76.6 Å². The summed E-state index contributed by atoms with van der Waals surface area (Å²) in [7, 11) is 0. The van der Waals surface area contributed by atoms with Crippen LogP contribution in [-0.2, 0) is 4.79 Å². The number of carbonyl (C=O) groups is 1. The van der Waals surface area contributed by atoms with Crippen LogP contribution >= 0.6 is 0 Å². The zero-order chi connectivity index (χ0) is 9.26. The van der Waals surface area contributed by atoms with Gasteiger partial charge in [-0.15, -0.1) is 0 Å². The zero-order valence-corrected chi connectivity index (χ0v) is 7.24. The lowest BCUT2D eigenvalue weighted by atomic mass is 9.71. The first-order chi connectivity index (χ1) is 6.31. The second kappa shape index (κ2) is 3.29. The van der Waals surface area contributed by atoms with E-state index in [-0.39, 0.29) is 17.7 Å². The fraction of sp³-hybridized carbons (Fsp3) is 0.364. The molecule has 2 unspecified atom stereocenters. The van der Waals surface area contributed by atoms with E-state index in [1.54, 1.807) is 6.07 Å². The molecule has 0 saturated heterocycles. The monoisotopic (exact) mass is 178 g/mol. The molecule has 1 aliphatic rings. The topological polar surface area (TPSA) is 17.1 Å². The average molecular weight is 178 g/mol. The minimum Gasteiger partial charge on any atom is -0.303 e. The summed E-state index contributed by atoms with van der Waals surface area (Å²) in [5, 5.41) is 0. The number of carbonyl (C=O) groups excluding carboxylic acids is 1. The second-order valence-electron chi connectivity index (χ2n) is 3.54. The number of aldehydes is 1. The number of halogens is 1. The lowest BCUT2D eigenvalue weighted by molar-refractivity contribution is -0.113. The number of rotatable bonds is 2. The minimum absolute atomic E-state index is 0.113. The molecule has 1 aromatic rings. The Balaban J connectivity index is 2.21. The largest absolute Gasteiger partial charge is 0.303 e. The molecule has 1 aromatic carbocycles. The fourth-order valence-corrected chi connectivity index (χ4v) is 1.84. The lowest BCUT2D eigenvalue weighted by Crippen LogP contribution is -2.24. The van der Waals surface area contributed by atoms with Crippen molar-refractivity contribution < 1.29 is 9.18 Å². The number of benzene rings is 1. The first-order valence-electron chi connectivity index (χ1n) is 4.52. The van der Waals surface area contributed by atoms with Crippen molar-refractivity contribution >= 4 is 6.29 Å². The van der Waals surface area contributed by atoms with Crippen molar-refractivity contribution in [1.29, 1.82) is 0 Å². The van der Waals surface area contributed by atoms with Crippen molar-refractivity contribution in [3.8, 4) is 0 Å². The molecule has 0 N–H and O–H groups in total. The van der Waals surface area contributed by atoms with Crippen LogP contribution in [0.25, 0.3) is 0 Å². The highest BCUT2D eigenvalue weighted by molar-refractivity contribution is 5.58. The number of hydrogen-bond donors (Lipinski definition) is 0. The SMILES string of the molecule is O=CC1CCC1c1cccc(F)c1. The van der Waals surface area contributed by atoms with Gasteiger partial charge in [-0.25, -0.2) is 4.39 Å². The van der Waals surface area contributed by atoms with Crippen molar-refractivity contribution in [3.05, 3.63) is 35.6 Å². The van der Waals surface area contributed by atoms with Crippen molar-refractivity contribution in [3.63, 3.8) is 0 Å². The highest BCUT2D eigenvalue weighted by Crippen LogP contribution is 2.41. The molecule has 1 saturated carbocycles. The molecule has 1 nitrogen and oxygen atoms in total. The molecule has 0 aromatic heterocycles. The molecule has 0 bridgehead atoms. The Kier molecular flexibility index (Phi) is 2.13. The predicted octanol–water partition coefficient (Wildman–Crippen LogP) is 2.52. The molecular formula is C11H11FO. The first-order valence-corrected chi connectivity index (χ1v) is 4.52. The predicted molar refractivity (Wildman–Crippen MR) is 47.9 cm³/mol. The van der Waals surface area contributed by atoms with E-state index in [4.69, 9.17) is 0 Å². The summed E-state index contributed by atoms with van der Waals surface area (Å²) < 4.78 is 12.8. The zero-order valence-electron chi connectivity index (χ0n) is 7.24. The molecule has 2 rings (SSSR count). The van der Waals surface area contributed by atoms with Crippen LogP contribution in [0.3, 0.4) is 0 Å². The summed E-state index contributed by atoms with van der Waals surface area (Å²) in [6.45, 7) is 0. The van der Waals surface area contributed by atoms with E-state index in [9.17, 15) is 9.18 Å². The highest BCUT2D eigenvalue weighted by atomic mass is 19.1. The molecule has 0 amide bonds. The third-order valence-electron chi connectivity index (χ3n) is 2.78. The Morgan fingerprint density at radius 2 is 2.23 bits per heavy atom. The Hall–Kier alpha value is -1.18. The van der Waals surface area contributed by atoms with E-state index in [0.717, 1.165) is 24.7 Å². The van der Waals surface area contributed by atoms with Crippen LogP contribution in [0.1, 0.15) is 24.3 Å². The molecule has 13 heavy (non-hydrogen) atoms. The third-order valence-corrected chi connectivity index (χ3v) is 2.78. The van der Waals surface area contributed by atoms with Crippen LogP contribution < -0.4 is 0 Å². The molecule has 0 aliphatic heterocycles. The van der Waals surface area contributed by atoms with Crippen LogP contribution in [0.5, 0.6) is 0 Å². The van der Waals surface area contributed by atoms with Crippen LogP contribution in [0.4, 0.5) is 4.39 Å². The van der Waals surface area contributed by atoms with Gasteiger partial charge >= 0.3 is 0 Å². The van der Waals surface area contributed by atoms with Crippen molar-refractivity contribution in [1.82, 2.24) is 0 Å². The van der Waals surface area contributed by atoms with Gasteiger partial charge < -0.3 is 4.79 Å². The average Bonchev–Trinajstić information content (AvgIpc) is 2.03. The van der Waals surface area contributed by atoms with Crippen LogP contribution in [0.2, 0.25) is 0 Å². The summed E-state index contributed by atoms with van der Waals surface area (Å²) in [5.74, 6) is 0.157. The van der Waals surface area contributed by atoms with Gasteiger partial charge in [0, 0.05) is 5.92 Å². The van der Waals surface area contributed by atoms with Crippen molar-refractivity contribution in [2.75, 3.05) is 0 Å². The standard InChI is InChI=1S/C11H11FO/c12-10-3-1-2-8(6-10)11-5-4-9(11)7-13/h1-3,6-7,9,11H,4-5H2. The van der Waals surface area contributed by atoms with Crippen LogP contribution in [0.15, 0.2) is 24.3 Å². The van der Waals surface area contributed by atoms with E-state index >= 15 is 0 Å². The molecule has 68 valence electrons. The molecular weight excluding hydrogens is 167 g/mol.